The first-order valence-corrected chi connectivity index (χ1v) is 5.99. The number of hydrazine groups is 1. The lowest BCUT2D eigenvalue weighted by molar-refractivity contribution is 0.259. The van der Waals surface area contributed by atoms with Gasteiger partial charge in [0.25, 0.3) is 0 Å². The van der Waals surface area contributed by atoms with Gasteiger partial charge in [-0.2, -0.15) is 0 Å². The number of nitrogens with two attached hydrogens (primary N) is 1. The van der Waals surface area contributed by atoms with Gasteiger partial charge in [-0.3, -0.25) is 11.3 Å². The molecule has 1 aliphatic carbocycles. The topological polar surface area (TPSA) is 38.0 Å². The van der Waals surface area contributed by atoms with Crippen molar-refractivity contribution >= 4 is 11.6 Å². The summed E-state index contributed by atoms with van der Waals surface area (Å²) in [5.74, 6) is 5.91. The van der Waals surface area contributed by atoms with Gasteiger partial charge in [-0.25, -0.2) is 4.39 Å². The van der Waals surface area contributed by atoms with E-state index in [1.807, 2.05) is 0 Å². The molecule has 88 valence electrons. The van der Waals surface area contributed by atoms with Crippen molar-refractivity contribution in [3.8, 4) is 0 Å². The summed E-state index contributed by atoms with van der Waals surface area (Å²) in [6, 6.07) is 4.46. The predicted octanol–water partition coefficient (Wildman–Crippen LogP) is 3.17. The van der Waals surface area contributed by atoms with Gasteiger partial charge in [0.15, 0.2) is 0 Å². The van der Waals surface area contributed by atoms with Crippen molar-refractivity contribution < 1.29 is 4.39 Å². The zero-order chi connectivity index (χ0) is 11.5. The molecule has 0 radical (unpaired) electrons. The number of benzene rings is 1. The van der Waals surface area contributed by atoms with E-state index in [1.54, 1.807) is 12.1 Å². The Morgan fingerprint density at radius 1 is 1.50 bits per heavy atom. The quantitative estimate of drug-likeness (QED) is 0.629. The Kier molecular flexibility index (Phi) is 3.79. The van der Waals surface area contributed by atoms with Crippen LogP contribution < -0.4 is 11.3 Å². The maximum atomic E-state index is 13.6. The zero-order valence-corrected chi connectivity index (χ0v) is 9.80. The summed E-state index contributed by atoms with van der Waals surface area (Å²) in [6.45, 7) is 0. The number of nitrogens with one attached hydrogen (secondary N) is 1. The van der Waals surface area contributed by atoms with Crippen molar-refractivity contribution in [2.45, 2.75) is 31.7 Å². The van der Waals surface area contributed by atoms with Crippen molar-refractivity contribution in [2.24, 2.45) is 11.8 Å². The van der Waals surface area contributed by atoms with Gasteiger partial charge in [-0.05, 0) is 30.5 Å². The number of rotatable bonds is 4. The van der Waals surface area contributed by atoms with Gasteiger partial charge in [-0.15, -0.1) is 0 Å². The third-order valence-electron chi connectivity index (χ3n) is 3.33. The molecule has 1 saturated carbocycles. The van der Waals surface area contributed by atoms with Crippen LogP contribution in [0.2, 0.25) is 5.02 Å². The Hall–Kier alpha value is -0.640. The van der Waals surface area contributed by atoms with Gasteiger partial charge in [0.1, 0.15) is 5.82 Å². The van der Waals surface area contributed by atoms with E-state index in [2.05, 4.69) is 5.43 Å². The van der Waals surface area contributed by atoms with Crippen LogP contribution in [0.15, 0.2) is 18.2 Å². The Morgan fingerprint density at radius 2 is 2.25 bits per heavy atom. The van der Waals surface area contributed by atoms with E-state index >= 15 is 0 Å². The Morgan fingerprint density at radius 3 is 2.81 bits per heavy atom. The van der Waals surface area contributed by atoms with E-state index in [0.29, 0.717) is 16.5 Å². The van der Waals surface area contributed by atoms with Gasteiger partial charge in [0.2, 0.25) is 0 Å². The van der Waals surface area contributed by atoms with Gasteiger partial charge in [-0.1, -0.05) is 30.9 Å². The highest BCUT2D eigenvalue weighted by Crippen LogP contribution is 2.35. The monoisotopic (exact) mass is 242 g/mol. The van der Waals surface area contributed by atoms with Crippen LogP contribution in [0, 0.1) is 11.7 Å². The molecular formula is C12H16ClFN2. The molecule has 1 fully saturated rings. The van der Waals surface area contributed by atoms with Gasteiger partial charge in [0.05, 0.1) is 0 Å². The van der Waals surface area contributed by atoms with Crippen molar-refractivity contribution in [2.75, 3.05) is 0 Å². The molecule has 0 saturated heterocycles. The van der Waals surface area contributed by atoms with Crippen LogP contribution in [0.25, 0.3) is 0 Å². The summed E-state index contributed by atoms with van der Waals surface area (Å²) in [5, 5.41) is 0.547. The van der Waals surface area contributed by atoms with Crippen LogP contribution in [-0.2, 0) is 0 Å². The molecule has 0 spiro atoms. The van der Waals surface area contributed by atoms with E-state index in [4.69, 9.17) is 17.4 Å². The van der Waals surface area contributed by atoms with E-state index in [1.165, 1.54) is 25.3 Å². The fourth-order valence-electron chi connectivity index (χ4n) is 2.13. The summed E-state index contributed by atoms with van der Waals surface area (Å²) in [6.07, 6.45) is 4.61. The molecule has 2 nitrogen and oxygen atoms in total. The van der Waals surface area contributed by atoms with Crippen LogP contribution in [0.5, 0.6) is 0 Å². The minimum atomic E-state index is -0.244. The SMILES string of the molecule is NNC(CC1CCC1)c1cc(Cl)ccc1F. The third kappa shape index (κ3) is 2.54. The first-order valence-electron chi connectivity index (χ1n) is 5.62. The number of hydrogen-bond acceptors (Lipinski definition) is 2. The van der Waals surface area contributed by atoms with Crippen molar-refractivity contribution in [3.05, 3.63) is 34.6 Å². The molecule has 0 amide bonds. The molecule has 0 aliphatic heterocycles. The summed E-state index contributed by atoms with van der Waals surface area (Å²) < 4.78 is 13.6. The molecule has 1 atom stereocenters. The minimum absolute atomic E-state index is 0.135. The van der Waals surface area contributed by atoms with E-state index in [9.17, 15) is 4.39 Å². The summed E-state index contributed by atoms with van der Waals surface area (Å²) in [4.78, 5) is 0. The molecule has 16 heavy (non-hydrogen) atoms. The van der Waals surface area contributed by atoms with E-state index in [-0.39, 0.29) is 11.9 Å². The van der Waals surface area contributed by atoms with Crippen LogP contribution >= 0.6 is 11.6 Å². The average molecular weight is 243 g/mol. The maximum absolute atomic E-state index is 13.6. The van der Waals surface area contributed by atoms with Crippen LogP contribution in [0.3, 0.4) is 0 Å². The Bertz CT molecular complexity index is 366. The van der Waals surface area contributed by atoms with Crippen molar-refractivity contribution in [3.63, 3.8) is 0 Å². The second-order valence-corrected chi connectivity index (χ2v) is 4.85. The lowest BCUT2D eigenvalue weighted by atomic mass is 9.79. The largest absolute Gasteiger partial charge is 0.271 e. The molecule has 0 bridgehead atoms. The summed E-state index contributed by atoms with van der Waals surface area (Å²) in [7, 11) is 0. The summed E-state index contributed by atoms with van der Waals surface area (Å²) >= 11 is 5.87. The first-order chi connectivity index (χ1) is 7.70. The molecule has 4 heteroatoms. The molecule has 2 rings (SSSR count). The smallest absolute Gasteiger partial charge is 0.128 e. The second kappa shape index (κ2) is 5.13. The Labute approximate surface area is 99.9 Å². The maximum Gasteiger partial charge on any atom is 0.128 e. The summed E-state index contributed by atoms with van der Waals surface area (Å²) in [5.41, 5.74) is 3.26. The van der Waals surface area contributed by atoms with Gasteiger partial charge < -0.3 is 0 Å². The highest BCUT2D eigenvalue weighted by Gasteiger charge is 2.24. The van der Waals surface area contributed by atoms with Crippen molar-refractivity contribution in [1.82, 2.24) is 5.43 Å². The number of hydrogen-bond donors (Lipinski definition) is 2. The lowest BCUT2D eigenvalue weighted by Gasteiger charge is -2.29. The zero-order valence-electron chi connectivity index (χ0n) is 9.05. The predicted molar refractivity (Wildman–Crippen MR) is 63.4 cm³/mol. The molecule has 1 aliphatic rings. The molecular weight excluding hydrogens is 227 g/mol. The molecule has 3 N–H and O–H groups in total. The molecule has 1 aromatic carbocycles. The lowest BCUT2D eigenvalue weighted by Crippen LogP contribution is -2.31. The van der Waals surface area contributed by atoms with Gasteiger partial charge in [0, 0.05) is 16.6 Å². The van der Waals surface area contributed by atoms with E-state index in [0.717, 1.165) is 6.42 Å². The first kappa shape index (κ1) is 11.8. The Balaban J connectivity index is 2.14. The second-order valence-electron chi connectivity index (χ2n) is 4.42. The van der Waals surface area contributed by atoms with Gasteiger partial charge >= 0.3 is 0 Å². The fourth-order valence-corrected chi connectivity index (χ4v) is 2.31. The van der Waals surface area contributed by atoms with E-state index < -0.39 is 0 Å². The molecule has 0 heterocycles. The van der Waals surface area contributed by atoms with Crippen LogP contribution in [0.1, 0.15) is 37.3 Å². The average Bonchev–Trinajstić information content (AvgIpc) is 2.21. The molecule has 0 aromatic heterocycles. The van der Waals surface area contributed by atoms with Crippen molar-refractivity contribution in [1.29, 1.82) is 0 Å². The standard InChI is InChI=1S/C12H16ClFN2/c13-9-4-5-11(14)10(7-9)12(16-15)6-8-2-1-3-8/h4-5,7-8,12,16H,1-3,6,15H2. The van der Waals surface area contributed by atoms with Crippen LogP contribution in [-0.4, -0.2) is 0 Å². The van der Waals surface area contributed by atoms with Crippen LogP contribution in [0.4, 0.5) is 4.39 Å². The highest BCUT2D eigenvalue weighted by molar-refractivity contribution is 6.30. The highest BCUT2D eigenvalue weighted by atomic mass is 35.5. The third-order valence-corrected chi connectivity index (χ3v) is 3.56. The molecule has 1 unspecified atom stereocenters. The normalized spacial score (nSPS) is 18.2. The fraction of sp³-hybridized carbons (Fsp3) is 0.500. The minimum Gasteiger partial charge on any atom is -0.271 e. The molecule has 1 aromatic rings. The number of halogens is 2.